The molecule has 2 heterocycles. The van der Waals surface area contributed by atoms with Gasteiger partial charge in [0.05, 0.1) is 0 Å². The fraction of sp³-hybridized carbons (Fsp3) is 0.412. The molecular formula is C17H17Cl2FN2OS. The van der Waals surface area contributed by atoms with E-state index in [9.17, 15) is 9.18 Å². The van der Waals surface area contributed by atoms with Gasteiger partial charge in [-0.05, 0) is 61.8 Å². The third-order valence-corrected chi connectivity index (χ3v) is 6.11. The molecule has 3 nitrogen and oxygen atoms in total. The number of carbonyl (C=O) groups is 1. The van der Waals surface area contributed by atoms with Gasteiger partial charge in [0.2, 0.25) is 0 Å². The zero-order chi connectivity index (χ0) is 17.3. The van der Waals surface area contributed by atoms with Gasteiger partial charge in [-0.25, -0.2) is 4.39 Å². The molecule has 0 saturated carbocycles. The second-order valence-corrected chi connectivity index (χ2v) is 7.83. The second-order valence-electron chi connectivity index (χ2n) is 6.08. The van der Waals surface area contributed by atoms with Crippen molar-refractivity contribution in [1.82, 2.24) is 9.27 Å². The van der Waals surface area contributed by atoms with Crippen molar-refractivity contribution >= 4 is 40.6 Å². The maximum atomic E-state index is 13.0. The van der Waals surface area contributed by atoms with Crippen LogP contribution in [0.2, 0.25) is 9.36 Å². The summed E-state index contributed by atoms with van der Waals surface area (Å²) in [5.74, 6) is -0.391. The summed E-state index contributed by atoms with van der Waals surface area (Å²) in [6.45, 7) is 2.04. The van der Waals surface area contributed by atoms with Gasteiger partial charge in [-0.3, -0.25) is 4.79 Å². The Bertz CT molecular complexity index is 735. The van der Waals surface area contributed by atoms with Crippen LogP contribution in [0.4, 0.5) is 4.39 Å². The average molecular weight is 387 g/mol. The summed E-state index contributed by atoms with van der Waals surface area (Å²) in [5.41, 5.74) is 1.31. The van der Waals surface area contributed by atoms with Crippen LogP contribution in [0.5, 0.6) is 0 Å². The maximum absolute atomic E-state index is 13.0. The van der Waals surface area contributed by atoms with Crippen molar-refractivity contribution in [3.05, 3.63) is 50.7 Å². The molecule has 0 bridgehead atoms. The molecule has 1 aliphatic rings. The highest BCUT2D eigenvalue weighted by Gasteiger charge is 2.36. The monoisotopic (exact) mass is 386 g/mol. The number of aryl methyl sites for hydroxylation is 1. The number of benzene rings is 1. The molecular weight excluding hydrogens is 370 g/mol. The topological polar surface area (TPSA) is 33.2 Å². The van der Waals surface area contributed by atoms with Crippen LogP contribution in [0.3, 0.4) is 0 Å². The van der Waals surface area contributed by atoms with E-state index in [1.807, 2.05) is 11.8 Å². The minimum Gasteiger partial charge on any atom is -0.332 e. The summed E-state index contributed by atoms with van der Waals surface area (Å²) in [6, 6.07) is 6.79. The standard InChI is InChI=1S/C17H17Cl2FN2OS/c1-10-2-8-13(9-5-11-3-6-12(20)7-4-11)22(10)17(23)15-14(18)16(19)24-21-15/h3-4,6-7,10,13H,2,5,8-9H2,1H3/t10-,13-/m1/s1. The van der Waals surface area contributed by atoms with Gasteiger partial charge in [0.25, 0.3) is 5.91 Å². The summed E-state index contributed by atoms with van der Waals surface area (Å²) in [6.07, 6.45) is 3.53. The zero-order valence-electron chi connectivity index (χ0n) is 13.1. The average Bonchev–Trinajstić information content (AvgIpc) is 3.10. The van der Waals surface area contributed by atoms with Gasteiger partial charge in [-0.1, -0.05) is 35.3 Å². The molecule has 24 heavy (non-hydrogen) atoms. The van der Waals surface area contributed by atoms with E-state index in [1.165, 1.54) is 12.1 Å². The second kappa shape index (κ2) is 7.38. The Hall–Kier alpha value is -1.17. The van der Waals surface area contributed by atoms with Gasteiger partial charge in [0.1, 0.15) is 15.2 Å². The number of hydrogen-bond donors (Lipinski definition) is 0. The van der Waals surface area contributed by atoms with E-state index < -0.39 is 0 Å². The molecule has 0 N–H and O–H groups in total. The van der Waals surface area contributed by atoms with E-state index in [0.29, 0.717) is 4.34 Å². The Balaban J connectivity index is 1.72. The summed E-state index contributed by atoms with van der Waals surface area (Å²) in [5, 5.41) is 0.239. The van der Waals surface area contributed by atoms with E-state index in [0.717, 1.165) is 42.8 Å². The first-order chi connectivity index (χ1) is 11.5. The summed E-state index contributed by atoms with van der Waals surface area (Å²) >= 11 is 13.1. The molecule has 0 spiro atoms. The highest BCUT2D eigenvalue weighted by atomic mass is 35.5. The molecule has 1 aromatic heterocycles. The van der Waals surface area contributed by atoms with Crippen molar-refractivity contribution in [2.45, 2.75) is 44.7 Å². The lowest BCUT2D eigenvalue weighted by molar-refractivity contribution is 0.0668. The van der Waals surface area contributed by atoms with E-state index in [4.69, 9.17) is 23.2 Å². The van der Waals surface area contributed by atoms with Gasteiger partial charge in [0, 0.05) is 12.1 Å². The molecule has 1 amide bonds. The first-order valence-electron chi connectivity index (χ1n) is 7.85. The van der Waals surface area contributed by atoms with Crippen LogP contribution in [0.15, 0.2) is 24.3 Å². The van der Waals surface area contributed by atoms with Crippen molar-refractivity contribution in [3.63, 3.8) is 0 Å². The molecule has 0 unspecified atom stereocenters. The maximum Gasteiger partial charge on any atom is 0.275 e. The van der Waals surface area contributed by atoms with Crippen LogP contribution in [0.1, 0.15) is 42.2 Å². The van der Waals surface area contributed by atoms with Crippen LogP contribution in [0.25, 0.3) is 0 Å². The van der Waals surface area contributed by atoms with Crippen LogP contribution < -0.4 is 0 Å². The molecule has 128 valence electrons. The molecule has 3 rings (SSSR count). The van der Waals surface area contributed by atoms with Crippen molar-refractivity contribution in [1.29, 1.82) is 0 Å². The highest BCUT2D eigenvalue weighted by molar-refractivity contribution is 7.11. The molecule has 2 aromatic rings. The lowest BCUT2D eigenvalue weighted by atomic mass is 10.0. The molecule has 0 radical (unpaired) electrons. The number of aromatic nitrogens is 1. The number of rotatable bonds is 4. The molecule has 1 saturated heterocycles. The van der Waals surface area contributed by atoms with E-state index in [-0.39, 0.29) is 34.5 Å². The first kappa shape index (κ1) is 17.6. The van der Waals surface area contributed by atoms with Crippen LogP contribution in [0, 0.1) is 5.82 Å². The Labute approximate surface area is 154 Å². The summed E-state index contributed by atoms with van der Waals surface area (Å²) < 4.78 is 17.4. The van der Waals surface area contributed by atoms with Crippen molar-refractivity contribution < 1.29 is 9.18 Å². The molecule has 1 aromatic carbocycles. The number of likely N-dealkylation sites (tertiary alicyclic amines) is 1. The third-order valence-electron chi connectivity index (χ3n) is 4.50. The minimum absolute atomic E-state index is 0.133. The smallest absolute Gasteiger partial charge is 0.275 e. The van der Waals surface area contributed by atoms with Gasteiger partial charge in [0.15, 0.2) is 5.69 Å². The Morgan fingerprint density at radius 2 is 2.04 bits per heavy atom. The Kier molecular flexibility index (Phi) is 5.42. The molecule has 0 aliphatic carbocycles. The Morgan fingerprint density at radius 1 is 1.33 bits per heavy atom. The molecule has 1 aliphatic heterocycles. The predicted octanol–water partition coefficient (Wildman–Crippen LogP) is 5.21. The third kappa shape index (κ3) is 3.58. The SMILES string of the molecule is C[C@@H]1CC[C@H](CCc2ccc(F)cc2)N1C(=O)c1nsc(Cl)c1Cl. The van der Waals surface area contributed by atoms with Gasteiger partial charge < -0.3 is 4.90 Å². The molecule has 7 heteroatoms. The fourth-order valence-corrected chi connectivity index (χ4v) is 4.21. The van der Waals surface area contributed by atoms with E-state index >= 15 is 0 Å². The van der Waals surface area contributed by atoms with Crippen molar-refractivity contribution in [2.24, 2.45) is 0 Å². The van der Waals surface area contributed by atoms with Gasteiger partial charge >= 0.3 is 0 Å². The number of halogens is 3. The highest BCUT2D eigenvalue weighted by Crippen LogP contribution is 2.34. The van der Waals surface area contributed by atoms with E-state index in [1.54, 1.807) is 12.1 Å². The van der Waals surface area contributed by atoms with E-state index in [2.05, 4.69) is 4.37 Å². The normalized spacial score (nSPS) is 20.6. The lowest BCUT2D eigenvalue weighted by Gasteiger charge is -2.28. The fourth-order valence-electron chi connectivity index (χ4n) is 3.22. The summed E-state index contributed by atoms with van der Waals surface area (Å²) in [7, 11) is 0. The minimum atomic E-state index is -0.236. The van der Waals surface area contributed by atoms with Gasteiger partial charge in [-0.15, -0.1) is 0 Å². The largest absolute Gasteiger partial charge is 0.332 e. The van der Waals surface area contributed by atoms with Gasteiger partial charge in [-0.2, -0.15) is 4.37 Å². The molecule has 2 atom stereocenters. The number of hydrogen-bond acceptors (Lipinski definition) is 3. The van der Waals surface area contributed by atoms with Crippen LogP contribution in [-0.4, -0.2) is 27.3 Å². The van der Waals surface area contributed by atoms with Crippen molar-refractivity contribution in [3.8, 4) is 0 Å². The molecule has 1 fully saturated rings. The number of carbonyl (C=O) groups excluding carboxylic acids is 1. The van der Waals surface area contributed by atoms with Crippen molar-refractivity contribution in [2.75, 3.05) is 0 Å². The Morgan fingerprint density at radius 3 is 2.67 bits per heavy atom. The number of nitrogens with zero attached hydrogens (tertiary/aromatic N) is 2. The van der Waals surface area contributed by atoms with Crippen LogP contribution in [-0.2, 0) is 6.42 Å². The summed E-state index contributed by atoms with van der Waals surface area (Å²) in [4.78, 5) is 14.7. The lowest BCUT2D eigenvalue weighted by Crippen LogP contribution is -2.40. The predicted molar refractivity (Wildman–Crippen MR) is 95.5 cm³/mol. The zero-order valence-corrected chi connectivity index (χ0v) is 15.5. The van der Waals surface area contributed by atoms with Crippen LogP contribution >= 0.6 is 34.7 Å². The first-order valence-corrected chi connectivity index (χ1v) is 9.38. The quantitative estimate of drug-likeness (QED) is 0.721. The number of amides is 1.